The number of amides is 1. The average molecular weight is 414 g/mol. The molecule has 0 spiro atoms. The Morgan fingerprint density at radius 2 is 1.97 bits per heavy atom. The highest BCUT2D eigenvalue weighted by atomic mass is 32.1. The Kier molecular flexibility index (Phi) is 5.16. The maximum absolute atomic E-state index is 14.5. The lowest BCUT2D eigenvalue weighted by Crippen LogP contribution is -2.36. The molecule has 0 aliphatic carbocycles. The van der Waals surface area contributed by atoms with E-state index in [0.29, 0.717) is 54.1 Å². The lowest BCUT2D eigenvalue weighted by atomic mass is 10.1. The summed E-state index contributed by atoms with van der Waals surface area (Å²) in [7, 11) is 1.58. The van der Waals surface area contributed by atoms with E-state index in [9.17, 15) is 14.0 Å². The van der Waals surface area contributed by atoms with Gasteiger partial charge in [-0.15, -0.1) is 0 Å². The Morgan fingerprint density at radius 1 is 1.21 bits per heavy atom. The first-order chi connectivity index (χ1) is 13.9. The Balaban J connectivity index is 1.57. The van der Waals surface area contributed by atoms with Gasteiger partial charge >= 0.3 is 0 Å². The van der Waals surface area contributed by atoms with E-state index in [1.54, 1.807) is 37.4 Å². The van der Waals surface area contributed by atoms with Crippen LogP contribution in [-0.4, -0.2) is 41.8 Å². The molecular weight excluding hydrogens is 395 g/mol. The monoisotopic (exact) mass is 414 g/mol. The highest BCUT2D eigenvalue weighted by Gasteiger charge is 2.16. The SMILES string of the molecule is Cn1c(=S)[nH]c2cc(C(=O)Nc3ccc(N4CCOCC4)c(F)c3)ccc2c1=O. The van der Waals surface area contributed by atoms with Crippen molar-refractivity contribution in [3.63, 3.8) is 0 Å². The minimum atomic E-state index is -0.412. The zero-order valence-electron chi connectivity index (χ0n) is 15.7. The van der Waals surface area contributed by atoms with E-state index < -0.39 is 11.7 Å². The number of fused-ring (bicyclic) bond motifs is 1. The lowest BCUT2D eigenvalue weighted by Gasteiger charge is -2.29. The lowest BCUT2D eigenvalue weighted by molar-refractivity contribution is 0.102. The van der Waals surface area contributed by atoms with Crippen molar-refractivity contribution in [2.24, 2.45) is 7.05 Å². The van der Waals surface area contributed by atoms with E-state index >= 15 is 0 Å². The Hall–Kier alpha value is -3.04. The van der Waals surface area contributed by atoms with Gasteiger partial charge in [0.1, 0.15) is 5.82 Å². The van der Waals surface area contributed by atoms with Crippen LogP contribution in [0.15, 0.2) is 41.2 Å². The maximum atomic E-state index is 14.5. The van der Waals surface area contributed by atoms with Gasteiger partial charge in [-0.2, -0.15) is 0 Å². The molecular formula is C20H19FN4O3S. The topological polar surface area (TPSA) is 79.4 Å². The van der Waals surface area contributed by atoms with Crippen molar-refractivity contribution >= 4 is 40.4 Å². The summed E-state index contributed by atoms with van der Waals surface area (Å²) in [5.74, 6) is -0.818. The molecule has 0 atom stereocenters. The molecule has 1 aromatic heterocycles. The number of nitrogens with zero attached hydrogens (tertiary/aromatic N) is 2. The number of aromatic nitrogens is 2. The standard InChI is InChI=1S/C20H19FN4O3S/c1-24-19(27)14-4-2-12(10-16(14)23-20(24)29)18(26)22-13-3-5-17(15(21)11-13)25-6-8-28-9-7-25/h2-5,10-11H,6-9H2,1H3,(H,22,26)(H,23,29). The summed E-state index contributed by atoms with van der Waals surface area (Å²) in [5, 5.41) is 3.12. The molecule has 4 rings (SSSR count). The Labute approximate surface area is 170 Å². The number of carbonyl (C=O) groups is 1. The van der Waals surface area contributed by atoms with Gasteiger partial charge in [-0.25, -0.2) is 4.39 Å². The summed E-state index contributed by atoms with van der Waals surface area (Å²) in [4.78, 5) is 29.7. The van der Waals surface area contributed by atoms with Gasteiger partial charge in [-0.05, 0) is 48.6 Å². The smallest absolute Gasteiger partial charge is 0.261 e. The second-order valence-corrected chi connectivity index (χ2v) is 7.16. The van der Waals surface area contributed by atoms with E-state index in [1.807, 2.05) is 4.90 Å². The summed E-state index contributed by atoms with van der Waals surface area (Å²) in [5.41, 5.74) is 1.40. The third-order valence-electron chi connectivity index (χ3n) is 4.92. The molecule has 2 aromatic carbocycles. The molecule has 0 bridgehead atoms. The number of H-pyrrole nitrogens is 1. The van der Waals surface area contributed by atoms with E-state index in [0.717, 1.165) is 0 Å². The Bertz CT molecular complexity index is 1210. The number of ether oxygens (including phenoxy) is 1. The molecule has 7 nitrogen and oxygen atoms in total. The van der Waals surface area contributed by atoms with Crippen LogP contribution in [0.3, 0.4) is 0 Å². The molecule has 29 heavy (non-hydrogen) atoms. The number of morpholine rings is 1. The van der Waals surface area contributed by atoms with Crippen molar-refractivity contribution < 1.29 is 13.9 Å². The first-order valence-electron chi connectivity index (χ1n) is 9.11. The van der Waals surface area contributed by atoms with Gasteiger partial charge in [-0.1, -0.05) is 0 Å². The largest absolute Gasteiger partial charge is 0.378 e. The van der Waals surface area contributed by atoms with E-state index in [-0.39, 0.29) is 10.3 Å². The predicted molar refractivity (Wildman–Crippen MR) is 112 cm³/mol. The van der Waals surface area contributed by atoms with Crippen LogP contribution in [0, 0.1) is 10.6 Å². The van der Waals surface area contributed by atoms with Crippen LogP contribution in [0.1, 0.15) is 10.4 Å². The third kappa shape index (κ3) is 3.79. The number of carbonyl (C=O) groups excluding carboxylic acids is 1. The minimum absolute atomic E-state index is 0.239. The molecule has 0 saturated carbocycles. The fourth-order valence-corrected chi connectivity index (χ4v) is 3.49. The van der Waals surface area contributed by atoms with Gasteiger partial charge in [0.2, 0.25) is 0 Å². The number of benzene rings is 2. The second kappa shape index (κ2) is 7.76. The fraction of sp³-hybridized carbons (Fsp3) is 0.250. The number of aromatic amines is 1. The Morgan fingerprint density at radius 3 is 2.69 bits per heavy atom. The van der Waals surface area contributed by atoms with Crippen molar-refractivity contribution in [3.05, 3.63) is 62.9 Å². The van der Waals surface area contributed by atoms with E-state index in [2.05, 4.69) is 10.3 Å². The summed E-state index contributed by atoms with van der Waals surface area (Å²) in [6.07, 6.45) is 0. The van der Waals surface area contributed by atoms with Gasteiger partial charge in [0.05, 0.1) is 29.8 Å². The molecule has 2 heterocycles. The molecule has 0 radical (unpaired) electrons. The molecule has 150 valence electrons. The summed E-state index contributed by atoms with van der Waals surface area (Å²) < 4.78 is 21.4. The number of hydrogen-bond acceptors (Lipinski definition) is 5. The number of nitrogens with one attached hydrogen (secondary N) is 2. The molecule has 3 aromatic rings. The van der Waals surface area contributed by atoms with Gasteiger partial charge in [0.25, 0.3) is 11.5 Å². The van der Waals surface area contributed by atoms with Crippen molar-refractivity contribution in [2.75, 3.05) is 36.5 Å². The number of anilines is 2. The van der Waals surface area contributed by atoms with Crippen LogP contribution in [-0.2, 0) is 11.8 Å². The van der Waals surface area contributed by atoms with Crippen LogP contribution in [0.4, 0.5) is 15.8 Å². The van der Waals surface area contributed by atoms with E-state index in [4.69, 9.17) is 17.0 Å². The van der Waals surface area contributed by atoms with Gasteiger partial charge in [0, 0.05) is 31.4 Å². The van der Waals surface area contributed by atoms with Crippen LogP contribution in [0.2, 0.25) is 0 Å². The highest BCUT2D eigenvalue weighted by Crippen LogP contribution is 2.24. The molecule has 9 heteroatoms. The number of hydrogen-bond donors (Lipinski definition) is 2. The number of halogens is 1. The van der Waals surface area contributed by atoms with Crippen LogP contribution in [0.25, 0.3) is 10.9 Å². The molecule has 1 aliphatic rings. The van der Waals surface area contributed by atoms with Crippen LogP contribution < -0.4 is 15.8 Å². The first kappa shape index (κ1) is 19.3. The minimum Gasteiger partial charge on any atom is -0.378 e. The predicted octanol–water partition coefficient (Wildman–Crippen LogP) is 2.82. The average Bonchev–Trinajstić information content (AvgIpc) is 2.72. The van der Waals surface area contributed by atoms with Crippen LogP contribution in [0.5, 0.6) is 0 Å². The highest BCUT2D eigenvalue weighted by molar-refractivity contribution is 7.71. The van der Waals surface area contributed by atoms with Crippen molar-refractivity contribution in [2.45, 2.75) is 0 Å². The molecule has 1 aliphatic heterocycles. The normalized spacial score (nSPS) is 14.2. The van der Waals surface area contributed by atoms with Gasteiger partial charge < -0.3 is 19.9 Å². The molecule has 1 saturated heterocycles. The zero-order chi connectivity index (χ0) is 20.5. The molecule has 1 amide bonds. The summed E-state index contributed by atoms with van der Waals surface area (Å²) in [6, 6.07) is 9.29. The van der Waals surface area contributed by atoms with Gasteiger partial charge in [0.15, 0.2) is 4.77 Å². The third-order valence-corrected chi connectivity index (χ3v) is 5.30. The fourth-order valence-electron chi connectivity index (χ4n) is 3.30. The maximum Gasteiger partial charge on any atom is 0.261 e. The summed E-state index contributed by atoms with van der Waals surface area (Å²) >= 11 is 5.12. The number of rotatable bonds is 3. The van der Waals surface area contributed by atoms with Crippen LogP contribution >= 0.6 is 12.2 Å². The zero-order valence-corrected chi connectivity index (χ0v) is 16.5. The second-order valence-electron chi connectivity index (χ2n) is 6.77. The van der Waals surface area contributed by atoms with Gasteiger partial charge in [-0.3, -0.25) is 14.2 Å². The van der Waals surface area contributed by atoms with Crippen molar-refractivity contribution in [3.8, 4) is 0 Å². The molecule has 0 unspecified atom stereocenters. The van der Waals surface area contributed by atoms with E-state index in [1.165, 1.54) is 10.6 Å². The quantitative estimate of drug-likeness (QED) is 0.645. The van der Waals surface area contributed by atoms with Crippen molar-refractivity contribution in [1.29, 1.82) is 0 Å². The van der Waals surface area contributed by atoms with Crippen molar-refractivity contribution in [1.82, 2.24) is 9.55 Å². The molecule has 2 N–H and O–H groups in total. The summed E-state index contributed by atoms with van der Waals surface area (Å²) in [6.45, 7) is 2.37. The molecule has 1 fully saturated rings. The first-order valence-corrected chi connectivity index (χ1v) is 9.51.